The summed E-state index contributed by atoms with van der Waals surface area (Å²) in [6.45, 7) is 3.56. The first-order valence-corrected chi connectivity index (χ1v) is 12.5. The van der Waals surface area contributed by atoms with Gasteiger partial charge in [0.05, 0.1) is 20.3 Å². The van der Waals surface area contributed by atoms with E-state index in [2.05, 4.69) is 12.2 Å². The number of nitrogens with one attached hydrogen (secondary N) is 1. The van der Waals surface area contributed by atoms with Crippen LogP contribution in [-0.2, 0) is 17.6 Å². The van der Waals surface area contributed by atoms with Crippen LogP contribution in [0.3, 0.4) is 0 Å². The number of aromatic hydroxyl groups is 1. The highest BCUT2D eigenvalue weighted by atomic mass is 16.5. The summed E-state index contributed by atoms with van der Waals surface area (Å²) in [6.07, 6.45) is 6.27. The molecule has 0 radical (unpaired) electrons. The van der Waals surface area contributed by atoms with Crippen LogP contribution in [0.15, 0.2) is 36.4 Å². The highest BCUT2D eigenvalue weighted by Gasteiger charge is 2.13. The molecule has 7 nitrogen and oxygen atoms in total. The molecular formula is C28H41NO6. The predicted octanol–water partition coefficient (Wildman–Crippen LogP) is 4.80. The predicted molar refractivity (Wildman–Crippen MR) is 138 cm³/mol. The fourth-order valence-corrected chi connectivity index (χ4v) is 3.83. The quantitative estimate of drug-likeness (QED) is 0.205. The molecule has 0 spiro atoms. The summed E-state index contributed by atoms with van der Waals surface area (Å²) < 4.78 is 16.4. The smallest absolute Gasteiger partial charge is 0.163 e. The number of carbonyl (C=O) groups is 1. The summed E-state index contributed by atoms with van der Waals surface area (Å²) in [5.41, 5.74) is 1.92. The van der Waals surface area contributed by atoms with Gasteiger partial charge in [0, 0.05) is 12.8 Å². The molecular weight excluding hydrogens is 446 g/mol. The second kappa shape index (κ2) is 16.0. The van der Waals surface area contributed by atoms with Crippen molar-refractivity contribution in [1.29, 1.82) is 0 Å². The Labute approximate surface area is 209 Å². The van der Waals surface area contributed by atoms with Crippen molar-refractivity contribution in [3.05, 3.63) is 47.5 Å². The van der Waals surface area contributed by atoms with E-state index in [0.717, 1.165) is 24.1 Å². The number of carbonyl (C=O) groups excluding carboxylic acids is 1. The molecule has 194 valence electrons. The van der Waals surface area contributed by atoms with Gasteiger partial charge in [-0.25, -0.2) is 0 Å². The van der Waals surface area contributed by atoms with E-state index in [0.29, 0.717) is 49.7 Å². The maximum atomic E-state index is 12.3. The average molecular weight is 488 g/mol. The summed E-state index contributed by atoms with van der Waals surface area (Å²) in [7, 11) is 3.10. The van der Waals surface area contributed by atoms with Crippen LogP contribution in [0.25, 0.3) is 0 Å². The fraction of sp³-hybridized carbons (Fsp3) is 0.536. The fourth-order valence-electron chi connectivity index (χ4n) is 3.83. The van der Waals surface area contributed by atoms with E-state index in [1.54, 1.807) is 25.3 Å². The number of rotatable bonds is 18. The van der Waals surface area contributed by atoms with Gasteiger partial charge in [0.2, 0.25) is 0 Å². The zero-order valence-electron chi connectivity index (χ0n) is 21.3. The van der Waals surface area contributed by atoms with Crippen LogP contribution >= 0.6 is 0 Å². The van der Waals surface area contributed by atoms with Gasteiger partial charge in [0.15, 0.2) is 23.0 Å². The number of Topliss-reactive ketones (excluding diaryl/α,β-unsaturated/α-hetero) is 1. The normalized spacial score (nSPS) is 11.8. The number of aryl methyl sites for hydroxylation is 2. The number of ketones is 1. The molecule has 0 aliphatic heterocycles. The third kappa shape index (κ3) is 10.6. The van der Waals surface area contributed by atoms with Crippen molar-refractivity contribution in [2.75, 3.05) is 27.5 Å². The Balaban J connectivity index is 1.72. The molecule has 2 aromatic rings. The number of aliphatic hydroxyl groups excluding tert-OH is 1. The summed E-state index contributed by atoms with van der Waals surface area (Å²) in [5, 5.41) is 23.3. The van der Waals surface area contributed by atoms with Crippen LogP contribution in [-0.4, -0.2) is 49.6 Å². The Morgan fingerprint density at radius 1 is 0.943 bits per heavy atom. The van der Waals surface area contributed by atoms with E-state index < -0.39 is 6.10 Å². The molecule has 0 aromatic heterocycles. The number of phenolic OH excluding ortho intramolecular Hbond substituents is 1. The molecule has 0 bridgehead atoms. The van der Waals surface area contributed by atoms with Crippen molar-refractivity contribution >= 4 is 5.78 Å². The molecule has 7 heteroatoms. The monoisotopic (exact) mass is 487 g/mol. The highest BCUT2D eigenvalue weighted by Crippen LogP contribution is 2.29. The number of aliphatic hydroxyl groups is 1. The number of methoxy groups -OCH3 is 2. The Morgan fingerprint density at radius 3 is 2.40 bits per heavy atom. The first kappa shape index (κ1) is 28.5. The van der Waals surface area contributed by atoms with Crippen LogP contribution in [0.2, 0.25) is 0 Å². The second-order valence-corrected chi connectivity index (χ2v) is 8.78. The molecule has 0 saturated carbocycles. The van der Waals surface area contributed by atoms with E-state index in [-0.39, 0.29) is 18.0 Å². The van der Waals surface area contributed by atoms with Gasteiger partial charge in [-0.3, -0.25) is 10.1 Å². The largest absolute Gasteiger partial charge is 0.504 e. The van der Waals surface area contributed by atoms with Crippen molar-refractivity contribution in [1.82, 2.24) is 5.32 Å². The third-order valence-electron chi connectivity index (χ3n) is 5.93. The minimum Gasteiger partial charge on any atom is -0.504 e. The number of benzene rings is 2. The molecule has 0 fully saturated rings. The Morgan fingerprint density at radius 2 is 1.66 bits per heavy atom. The van der Waals surface area contributed by atoms with Gasteiger partial charge >= 0.3 is 0 Å². The van der Waals surface area contributed by atoms with Crippen LogP contribution < -0.4 is 19.5 Å². The molecule has 0 saturated heterocycles. The molecule has 0 amide bonds. The number of unbranched alkanes of at least 4 members (excludes halogenated alkanes) is 3. The highest BCUT2D eigenvalue weighted by molar-refractivity contribution is 5.79. The summed E-state index contributed by atoms with van der Waals surface area (Å²) >= 11 is 0. The Hall–Kier alpha value is -2.77. The minimum atomic E-state index is -0.698. The third-order valence-corrected chi connectivity index (χ3v) is 5.93. The van der Waals surface area contributed by atoms with Gasteiger partial charge in [0.1, 0.15) is 12.5 Å². The number of hydrogen-bond donors (Lipinski definition) is 3. The van der Waals surface area contributed by atoms with Crippen molar-refractivity contribution in [2.24, 2.45) is 0 Å². The molecule has 35 heavy (non-hydrogen) atoms. The number of phenols is 1. The zero-order chi connectivity index (χ0) is 25.5. The SMILES string of the molecule is CCCCCCNCOc1ccc(CC[C@@H](O)CC(=O)CCc2ccc(O)c(OC)c2)cc1OC. The van der Waals surface area contributed by atoms with Gasteiger partial charge in [-0.15, -0.1) is 0 Å². The van der Waals surface area contributed by atoms with E-state index in [4.69, 9.17) is 14.2 Å². The van der Waals surface area contributed by atoms with Gasteiger partial charge < -0.3 is 24.4 Å². The minimum absolute atomic E-state index is 0.00747. The molecule has 3 N–H and O–H groups in total. The molecule has 0 heterocycles. The van der Waals surface area contributed by atoms with Crippen molar-refractivity contribution in [2.45, 2.75) is 70.8 Å². The van der Waals surface area contributed by atoms with Gasteiger partial charge in [-0.2, -0.15) is 0 Å². The molecule has 2 rings (SSSR count). The molecule has 0 aliphatic carbocycles. The Bertz CT molecular complexity index is 901. The van der Waals surface area contributed by atoms with Crippen LogP contribution in [0.5, 0.6) is 23.0 Å². The first-order valence-electron chi connectivity index (χ1n) is 12.5. The first-order chi connectivity index (χ1) is 17.0. The lowest BCUT2D eigenvalue weighted by Gasteiger charge is -2.14. The number of hydrogen-bond acceptors (Lipinski definition) is 7. The molecule has 0 aliphatic rings. The van der Waals surface area contributed by atoms with Crippen molar-refractivity contribution < 1.29 is 29.2 Å². The standard InChI is InChI=1S/C28H41NO6/c1-4-5-6-7-16-29-20-35-26-15-11-22(18-28(26)34-3)9-13-24(31)19-23(30)12-8-21-10-14-25(32)27(17-21)33-2/h10-11,14-15,17-18,24,29,31-32H,4-9,12-13,16,19-20H2,1-3H3/t24-/m1/s1. The summed E-state index contributed by atoms with van der Waals surface area (Å²) in [4.78, 5) is 12.3. The van der Waals surface area contributed by atoms with E-state index in [1.165, 1.54) is 26.4 Å². The summed E-state index contributed by atoms with van der Waals surface area (Å²) in [6, 6.07) is 10.8. The van der Waals surface area contributed by atoms with Crippen molar-refractivity contribution in [3.8, 4) is 23.0 Å². The average Bonchev–Trinajstić information content (AvgIpc) is 2.86. The van der Waals surface area contributed by atoms with E-state index >= 15 is 0 Å². The maximum absolute atomic E-state index is 12.3. The van der Waals surface area contributed by atoms with Crippen LogP contribution in [0.1, 0.15) is 63.0 Å². The lowest BCUT2D eigenvalue weighted by Crippen LogP contribution is -2.21. The van der Waals surface area contributed by atoms with E-state index in [1.807, 2.05) is 18.2 Å². The topological polar surface area (TPSA) is 97.2 Å². The Kier molecular flexibility index (Phi) is 13.0. The van der Waals surface area contributed by atoms with Crippen LogP contribution in [0.4, 0.5) is 0 Å². The lowest BCUT2D eigenvalue weighted by molar-refractivity contribution is -0.121. The zero-order valence-corrected chi connectivity index (χ0v) is 21.3. The lowest BCUT2D eigenvalue weighted by atomic mass is 10.00. The molecule has 0 unspecified atom stereocenters. The van der Waals surface area contributed by atoms with E-state index in [9.17, 15) is 15.0 Å². The second-order valence-electron chi connectivity index (χ2n) is 8.78. The van der Waals surface area contributed by atoms with Gasteiger partial charge in [0.25, 0.3) is 0 Å². The molecule has 2 aromatic carbocycles. The van der Waals surface area contributed by atoms with Gasteiger partial charge in [-0.1, -0.05) is 38.3 Å². The van der Waals surface area contributed by atoms with Crippen molar-refractivity contribution in [3.63, 3.8) is 0 Å². The number of ether oxygens (including phenoxy) is 3. The van der Waals surface area contributed by atoms with Crippen LogP contribution in [0, 0.1) is 0 Å². The molecule has 1 atom stereocenters. The van der Waals surface area contributed by atoms with Gasteiger partial charge in [-0.05, 0) is 67.6 Å². The maximum Gasteiger partial charge on any atom is 0.163 e. The summed E-state index contributed by atoms with van der Waals surface area (Å²) in [5.74, 6) is 1.81.